The summed E-state index contributed by atoms with van der Waals surface area (Å²) in [6.45, 7) is 3.61. The van der Waals surface area contributed by atoms with Gasteiger partial charge < -0.3 is 30.7 Å². The predicted molar refractivity (Wildman–Crippen MR) is 170 cm³/mol. The highest BCUT2D eigenvalue weighted by atomic mass is 35.5. The first-order chi connectivity index (χ1) is 23.6. The van der Waals surface area contributed by atoms with Gasteiger partial charge in [-0.25, -0.2) is 0 Å². The first-order valence-corrected chi connectivity index (χ1v) is 16.2. The van der Waals surface area contributed by atoms with Gasteiger partial charge in [0.2, 0.25) is 0 Å². The highest BCUT2D eigenvalue weighted by molar-refractivity contribution is 6.35. The molecule has 4 aromatic heterocycles. The van der Waals surface area contributed by atoms with Crippen LogP contribution in [0, 0.1) is 0 Å². The lowest BCUT2D eigenvalue weighted by Crippen LogP contribution is -2.33. The van der Waals surface area contributed by atoms with Crippen molar-refractivity contribution in [2.75, 3.05) is 50.0 Å². The van der Waals surface area contributed by atoms with Crippen LogP contribution >= 0.6 is 23.2 Å². The number of halogens is 5. The average molecular weight is 722 g/mol. The van der Waals surface area contributed by atoms with Crippen LogP contribution < -0.4 is 21.3 Å². The largest absolute Gasteiger partial charge is 0.436 e. The van der Waals surface area contributed by atoms with Gasteiger partial charge in [0.25, 0.3) is 11.8 Å². The highest BCUT2D eigenvalue weighted by Crippen LogP contribution is 2.44. The molecule has 1 aliphatic carbocycles. The Balaban J connectivity index is 1.21. The number of amides is 2. The Morgan fingerprint density at radius 2 is 1.31 bits per heavy atom. The van der Waals surface area contributed by atoms with Gasteiger partial charge in [0.15, 0.2) is 17.1 Å². The summed E-state index contributed by atoms with van der Waals surface area (Å²) in [5.74, 6) is -2.03. The number of nitrogens with one attached hydrogen (secondary N) is 4. The molecular weight excluding hydrogens is 692 g/mol. The number of pyridine rings is 2. The third-order valence-electron chi connectivity index (χ3n) is 8.09. The van der Waals surface area contributed by atoms with Crippen molar-refractivity contribution >= 4 is 46.4 Å². The monoisotopic (exact) mass is 720 g/mol. The topological polar surface area (TPSA) is 162 Å². The van der Waals surface area contributed by atoms with Crippen molar-refractivity contribution in [3.8, 4) is 0 Å². The van der Waals surface area contributed by atoms with Crippen LogP contribution in [0.15, 0.2) is 36.7 Å². The van der Waals surface area contributed by atoms with Crippen molar-refractivity contribution in [2.45, 2.75) is 37.1 Å². The molecule has 0 unspecified atom stereocenters. The Morgan fingerprint density at radius 1 is 0.796 bits per heavy atom. The standard InChI is InChI=1S/C30H29Cl2F3N10O4/c31-22-24(15-1-2-15)42-44(25(22)28(46)40-16-3-5-18(38-11-16)20-13-36-7-9-48-20)45-26(23(32)27(43-45)30(33,34)35)29(47)41-17-4-6-19(39-12-17)21-14-37-8-10-49-21/h3-6,11-12,15,20-21,36-37H,1-2,7-10,13-14H2,(H,40,46)(H,41,47)/t20-,21-/m1/s1. The third-order valence-corrected chi connectivity index (χ3v) is 8.82. The van der Waals surface area contributed by atoms with Crippen LogP contribution in [0.5, 0.6) is 0 Å². The van der Waals surface area contributed by atoms with E-state index in [1.165, 1.54) is 18.5 Å². The van der Waals surface area contributed by atoms with Gasteiger partial charge in [-0.3, -0.25) is 19.6 Å². The Hall–Kier alpha value is -4.13. The van der Waals surface area contributed by atoms with Gasteiger partial charge in [0.1, 0.15) is 17.2 Å². The normalized spacial score (nSPS) is 19.9. The van der Waals surface area contributed by atoms with Gasteiger partial charge in [0, 0.05) is 32.1 Å². The minimum atomic E-state index is -5.06. The minimum Gasteiger partial charge on any atom is -0.369 e. The van der Waals surface area contributed by atoms with E-state index < -0.39 is 34.4 Å². The molecular formula is C30H29Cl2F3N10O4. The molecule has 49 heavy (non-hydrogen) atoms. The van der Waals surface area contributed by atoms with E-state index in [9.17, 15) is 22.8 Å². The summed E-state index contributed by atoms with van der Waals surface area (Å²) in [6.07, 6.45) is -1.45. The second kappa shape index (κ2) is 13.6. The summed E-state index contributed by atoms with van der Waals surface area (Å²) >= 11 is 12.9. The van der Waals surface area contributed by atoms with Gasteiger partial charge in [-0.1, -0.05) is 23.2 Å². The number of aromatic nitrogens is 6. The Labute approximate surface area is 286 Å². The second-order valence-corrected chi connectivity index (χ2v) is 12.3. The van der Waals surface area contributed by atoms with Crippen molar-refractivity contribution in [3.05, 3.63) is 80.9 Å². The summed E-state index contributed by atoms with van der Waals surface area (Å²) in [5.41, 5.74) is -0.696. The lowest BCUT2D eigenvalue weighted by molar-refractivity contribution is -0.141. The molecule has 2 amide bonds. The molecule has 7 rings (SSSR count). The molecule has 19 heteroatoms. The summed E-state index contributed by atoms with van der Waals surface area (Å²) in [4.78, 5) is 37.4. The maximum absolute atomic E-state index is 14.1. The van der Waals surface area contributed by atoms with Crippen molar-refractivity contribution < 1.29 is 32.2 Å². The number of nitrogens with zero attached hydrogens (tertiary/aromatic N) is 6. The maximum Gasteiger partial charge on any atom is 0.436 e. The van der Waals surface area contributed by atoms with Crippen LogP contribution in [0.1, 0.15) is 74.7 Å². The van der Waals surface area contributed by atoms with E-state index >= 15 is 0 Å². The first-order valence-electron chi connectivity index (χ1n) is 15.4. The molecule has 2 atom stereocenters. The van der Waals surface area contributed by atoms with Crippen molar-refractivity contribution in [2.24, 2.45) is 0 Å². The fraction of sp³-hybridized carbons (Fsp3) is 0.400. The molecule has 0 radical (unpaired) electrons. The summed E-state index contributed by atoms with van der Waals surface area (Å²) in [6, 6.07) is 6.46. The van der Waals surface area contributed by atoms with Crippen molar-refractivity contribution in [1.29, 1.82) is 0 Å². The number of hydrogen-bond donors (Lipinski definition) is 4. The maximum atomic E-state index is 14.1. The summed E-state index contributed by atoms with van der Waals surface area (Å²) < 4.78 is 53.8. The lowest BCUT2D eigenvalue weighted by atomic mass is 10.2. The number of anilines is 2. The van der Waals surface area contributed by atoms with Gasteiger partial charge in [-0.05, 0) is 37.1 Å². The number of carbonyl (C=O) groups is 2. The Kier molecular flexibility index (Phi) is 9.29. The average Bonchev–Trinajstić information content (AvgIpc) is 3.79. The molecule has 4 N–H and O–H groups in total. The van der Waals surface area contributed by atoms with Gasteiger partial charge in [-0.2, -0.15) is 18.3 Å². The van der Waals surface area contributed by atoms with Crippen LogP contribution in [-0.2, 0) is 15.7 Å². The predicted octanol–water partition coefficient (Wildman–Crippen LogP) is 4.21. The molecule has 0 aromatic carbocycles. The number of rotatable bonds is 8. The number of hydrogen-bond acceptors (Lipinski definition) is 10. The molecule has 0 bridgehead atoms. The van der Waals surface area contributed by atoms with E-state index in [2.05, 4.69) is 41.4 Å². The molecule has 4 aromatic rings. The minimum absolute atomic E-state index is 0.1000. The fourth-order valence-electron chi connectivity index (χ4n) is 5.48. The first kappa shape index (κ1) is 33.4. The van der Waals surface area contributed by atoms with E-state index in [-0.39, 0.29) is 45.9 Å². The third kappa shape index (κ3) is 6.99. The zero-order valence-corrected chi connectivity index (χ0v) is 27.1. The fourth-order valence-corrected chi connectivity index (χ4v) is 6.14. The lowest BCUT2D eigenvalue weighted by Gasteiger charge is -2.23. The SMILES string of the molecule is O=C(Nc1ccc([C@H]2CNCCO2)nc1)c1c(Cl)c(C2CC2)nn1-n1nc(C(F)(F)F)c(Cl)c1C(=O)Nc1ccc([C@H]2CNCCO2)nc1. The van der Waals surface area contributed by atoms with E-state index in [0.29, 0.717) is 61.9 Å². The highest BCUT2D eigenvalue weighted by Gasteiger charge is 2.42. The molecule has 1 saturated carbocycles. The number of morpholine rings is 2. The van der Waals surface area contributed by atoms with Crippen LogP contribution in [0.25, 0.3) is 0 Å². The van der Waals surface area contributed by atoms with E-state index in [1.54, 1.807) is 18.2 Å². The molecule has 3 fully saturated rings. The molecule has 0 spiro atoms. The van der Waals surface area contributed by atoms with Crippen molar-refractivity contribution in [3.63, 3.8) is 0 Å². The van der Waals surface area contributed by atoms with Crippen LogP contribution in [0.2, 0.25) is 10.0 Å². The number of alkyl halides is 3. The summed E-state index contributed by atoms with van der Waals surface area (Å²) in [7, 11) is 0. The summed E-state index contributed by atoms with van der Waals surface area (Å²) in [5, 5.41) is 18.5. The van der Waals surface area contributed by atoms with Gasteiger partial charge in [-0.15, -0.1) is 14.7 Å². The van der Waals surface area contributed by atoms with Crippen LogP contribution in [0.3, 0.4) is 0 Å². The quantitative estimate of drug-likeness (QED) is 0.208. The van der Waals surface area contributed by atoms with Gasteiger partial charge >= 0.3 is 6.18 Å². The molecule has 258 valence electrons. The molecule has 14 nitrogen and oxygen atoms in total. The molecule has 2 aliphatic heterocycles. The zero-order valence-electron chi connectivity index (χ0n) is 25.6. The van der Waals surface area contributed by atoms with Crippen LogP contribution in [-0.4, -0.2) is 81.0 Å². The Morgan fingerprint density at radius 3 is 1.73 bits per heavy atom. The van der Waals surface area contributed by atoms with Gasteiger partial charge in [0.05, 0.1) is 59.1 Å². The Bertz CT molecular complexity index is 1850. The van der Waals surface area contributed by atoms with E-state index in [4.69, 9.17) is 32.7 Å². The smallest absolute Gasteiger partial charge is 0.369 e. The zero-order chi connectivity index (χ0) is 34.3. The number of ether oxygens (including phenoxy) is 2. The van der Waals surface area contributed by atoms with E-state index in [0.717, 1.165) is 11.3 Å². The molecule has 3 aliphatic rings. The molecule has 6 heterocycles. The number of carbonyl (C=O) groups excluding carboxylic acids is 2. The van der Waals surface area contributed by atoms with Crippen LogP contribution in [0.4, 0.5) is 24.5 Å². The second-order valence-electron chi connectivity index (χ2n) is 11.6. The molecule has 2 saturated heterocycles. The van der Waals surface area contributed by atoms with E-state index in [1.807, 2.05) is 0 Å². The van der Waals surface area contributed by atoms with Crippen molar-refractivity contribution in [1.82, 2.24) is 40.4 Å².